The molecule has 0 N–H and O–H groups in total. The Morgan fingerprint density at radius 1 is 1.00 bits per heavy atom. The van der Waals surface area contributed by atoms with Gasteiger partial charge in [0.25, 0.3) is 0 Å². The first-order chi connectivity index (χ1) is 12.0. The van der Waals surface area contributed by atoms with Crippen LogP contribution in [0.5, 0.6) is 23.0 Å². The van der Waals surface area contributed by atoms with Crippen LogP contribution in [-0.2, 0) is 0 Å². The number of Topliss-reactive ketones (excluding diaryl/α,β-unsaturated/α-hetero) is 1. The van der Waals surface area contributed by atoms with Crippen molar-refractivity contribution in [3.05, 3.63) is 47.5 Å². The second-order valence-corrected chi connectivity index (χ2v) is 7.32. The maximum atomic E-state index is 12.8. The van der Waals surface area contributed by atoms with Gasteiger partial charge in [0, 0.05) is 5.56 Å². The predicted molar refractivity (Wildman–Crippen MR) is 101 cm³/mol. The fourth-order valence-corrected chi connectivity index (χ4v) is 3.63. The molecule has 0 amide bonds. The number of methoxy groups -OCH3 is 2. The molecular formula is C18H16Br2O5. The summed E-state index contributed by atoms with van der Waals surface area (Å²) >= 11 is 7.11. The third kappa shape index (κ3) is 3.62. The van der Waals surface area contributed by atoms with E-state index in [9.17, 15) is 4.79 Å². The van der Waals surface area contributed by atoms with E-state index in [-0.39, 0.29) is 17.4 Å². The fourth-order valence-electron chi connectivity index (χ4n) is 2.54. The number of rotatable bonds is 6. The number of alkyl halides is 2. The molecule has 25 heavy (non-hydrogen) atoms. The van der Waals surface area contributed by atoms with Crippen LogP contribution in [0.2, 0.25) is 0 Å². The molecule has 1 aliphatic rings. The Hall–Kier alpha value is -1.73. The third-order valence-corrected chi connectivity index (χ3v) is 6.60. The van der Waals surface area contributed by atoms with Crippen molar-refractivity contribution < 1.29 is 23.7 Å². The molecule has 3 rings (SSSR count). The van der Waals surface area contributed by atoms with Gasteiger partial charge in [-0.15, -0.1) is 0 Å². The first-order valence-corrected chi connectivity index (χ1v) is 9.32. The molecule has 0 aromatic heterocycles. The van der Waals surface area contributed by atoms with Crippen molar-refractivity contribution >= 4 is 37.6 Å². The quantitative estimate of drug-likeness (QED) is 0.458. The number of hydrogen-bond donors (Lipinski definition) is 0. The summed E-state index contributed by atoms with van der Waals surface area (Å²) in [4.78, 5) is 12.1. The lowest BCUT2D eigenvalue weighted by Gasteiger charge is -2.18. The van der Waals surface area contributed by atoms with Gasteiger partial charge < -0.3 is 18.9 Å². The van der Waals surface area contributed by atoms with Gasteiger partial charge in [-0.1, -0.05) is 37.9 Å². The zero-order chi connectivity index (χ0) is 18.0. The molecule has 1 aliphatic heterocycles. The Morgan fingerprint density at radius 3 is 2.44 bits per heavy atom. The van der Waals surface area contributed by atoms with E-state index < -0.39 is 4.83 Å². The molecule has 7 heteroatoms. The normalized spacial score (nSPS) is 14.7. The summed E-state index contributed by atoms with van der Waals surface area (Å²) in [6.07, 6.45) is 0. The summed E-state index contributed by atoms with van der Waals surface area (Å²) < 4.78 is 21.2. The van der Waals surface area contributed by atoms with Gasteiger partial charge in [-0.25, -0.2) is 0 Å². The summed E-state index contributed by atoms with van der Waals surface area (Å²) in [6, 6.07) is 10.7. The third-order valence-electron chi connectivity index (χ3n) is 3.89. The zero-order valence-electron chi connectivity index (χ0n) is 13.6. The predicted octanol–water partition coefficient (Wildman–Crippen LogP) is 4.51. The Morgan fingerprint density at radius 2 is 1.72 bits per heavy atom. The van der Waals surface area contributed by atoms with Crippen LogP contribution in [-0.4, -0.2) is 31.6 Å². The zero-order valence-corrected chi connectivity index (χ0v) is 16.8. The van der Waals surface area contributed by atoms with E-state index in [0.717, 1.165) is 5.56 Å². The summed E-state index contributed by atoms with van der Waals surface area (Å²) in [5.74, 6) is 2.43. The largest absolute Gasteiger partial charge is 0.493 e. The smallest absolute Gasteiger partial charge is 0.231 e. The second kappa shape index (κ2) is 7.66. The van der Waals surface area contributed by atoms with Gasteiger partial charge in [-0.05, 0) is 35.9 Å². The molecule has 0 bridgehead atoms. The number of ketones is 1. The van der Waals surface area contributed by atoms with Crippen LogP contribution in [0, 0.1) is 0 Å². The van der Waals surface area contributed by atoms with Crippen molar-refractivity contribution in [1.82, 2.24) is 0 Å². The number of fused-ring (bicyclic) bond motifs is 1. The summed E-state index contributed by atoms with van der Waals surface area (Å²) in [5, 5.41) is 0. The molecular weight excluding hydrogens is 456 g/mol. The van der Waals surface area contributed by atoms with Gasteiger partial charge in [0.1, 0.15) is 0 Å². The number of halogens is 2. The number of carbonyl (C=O) groups excluding carboxylic acids is 1. The monoisotopic (exact) mass is 470 g/mol. The maximum Gasteiger partial charge on any atom is 0.231 e. The van der Waals surface area contributed by atoms with Crippen molar-refractivity contribution in [3.8, 4) is 23.0 Å². The van der Waals surface area contributed by atoms with E-state index in [0.29, 0.717) is 28.6 Å². The molecule has 0 saturated heterocycles. The Kier molecular flexibility index (Phi) is 5.54. The van der Waals surface area contributed by atoms with E-state index in [1.54, 1.807) is 32.4 Å². The average Bonchev–Trinajstić information content (AvgIpc) is 3.13. The Bertz CT molecular complexity index is 793. The molecule has 1 heterocycles. The van der Waals surface area contributed by atoms with Crippen LogP contribution >= 0.6 is 31.9 Å². The van der Waals surface area contributed by atoms with Gasteiger partial charge in [-0.3, -0.25) is 4.79 Å². The van der Waals surface area contributed by atoms with Crippen LogP contribution in [0.3, 0.4) is 0 Å². The van der Waals surface area contributed by atoms with Crippen molar-refractivity contribution in [2.24, 2.45) is 0 Å². The van der Waals surface area contributed by atoms with Crippen LogP contribution in [0.4, 0.5) is 0 Å². The maximum absolute atomic E-state index is 12.8. The first-order valence-electron chi connectivity index (χ1n) is 7.49. The van der Waals surface area contributed by atoms with E-state index in [1.807, 2.05) is 18.2 Å². The van der Waals surface area contributed by atoms with Gasteiger partial charge >= 0.3 is 0 Å². The lowest BCUT2D eigenvalue weighted by Crippen LogP contribution is -2.19. The molecule has 0 aliphatic carbocycles. The van der Waals surface area contributed by atoms with Gasteiger partial charge in [0.2, 0.25) is 6.79 Å². The molecule has 0 radical (unpaired) electrons. The van der Waals surface area contributed by atoms with E-state index in [2.05, 4.69) is 31.9 Å². The Labute approximate surface area is 162 Å². The highest BCUT2D eigenvalue weighted by atomic mass is 79.9. The molecule has 2 aromatic rings. The molecule has 0 spiro atoms. The summed E-state index contributed by atoms with van der Waals surface area (Å²) in [5.41, 5.74) is 1.45. The highest BCUT2D eigenvalue weighted by Crippen LogP contribution is 2.39. The van der Waals surface area contributed by atoms with Crippen LogP contribution in [0.1, 0.15) is 20.7 Å². The molecule has 2 atom stereocenters. The number of hydrogen-bond acceptors (Lipinski definition) is 5. The van der Waals surface area contributed by atoms with E-state index >= 15 is 0 Å². The highest BCUT2D eigenvalue weighted by Gasteiger charge is 2.28. The minimum Gasteiger partial charge on any atom is -0.493 e. The summed E-state index contributed by atoms with van der Waals surface area (Å²) in [6.45, 7) is 0.178. The molecule has 0 unspecified atom stereocenters. The molecule has 0 fully saturated rings. The molecule has 0 saturated carbocycles. The van der Waals surface area contributed by atoms with Crippen molar-refractivity contribution in [1.29, 1.82) is 0 Å². The standard InChI is InChI=1S/C18H16Br2O5/c1-22-12-5-3-10(7-14(12)23-2)16(19)17(20)18(21)11-4-6-13-15(8-11)25-9-24-13/h3-8,16-17H,9H2,1-2H3/t16-,17-/m1/s1. The minimum absolute atomic E-state index is 0.0602. The molecule has 5 nitrogen and oxygen atoms in total. The van der Waals surface area contributed by atoms with E-state index in [1.165, 1.54) is 0 Å². The summed E-state index contributed by atoms with van der Waals surface area (Å²) in [7, 11) is 3.16. The van der Waals surface area contributed by atoms with Crippen LogP contribution < -0.4 is 18.9 Å². The first kappa shape index (κ1) is 18.1. The van der Waals surface area contributed by atoms with E-state index in [4.69, 9.17) is 18.9 Å². The SMILES string of the molecule is COc1ccc([C@@H](Br)[C@@H](Br)C(=O)c2ccc3c(c2)OCO3)cc1OC. The Balaban J connectivity index is 1.82. The van der Waals surface area contributed by atoms with Gasteiger partial charge in [0.05, 0.1) is 23.9 Å². The van der Waals surface area contributed by atoms with Crippen LogP contribution in [0.25, 0.3) is 0 Å². The lowest BCUT2D eigenvalue weighted by molar-refractivity contribution is 0.0990. The van der Waals surface area contributed by atoms with Crippen molar-refractivity contribution in [2.75, 3.05) is 21.0 Å². The number of benzene rings is 2. The minimum atomic E-state index is -0.467. The van der Waals surface area contributed by atoms with Gasteiger partial charge in [-0.2, -0.15) is 0 Å². The van der Waals surface area contributed by atoms with Crippen molar-refractivity contribution in [3.63, 3.8) is 0 Å². The average molecular weight is 472 g/mol. The number of ether oxygens (including phenoxy) is 4. The van der Waals surface area contributed by atoms with Crippen LogP contribution in [0.15, 0.2) is 36.4 Å². The molecule has 132 valence electrons. The second-order valence-electron chi connectivity index (χ2n) is 5.35. The molecule has 2 aromatic carbocycles. The number of carbonyl (C=O) groups is 1. The topological polar surface area (TPSA) is 54.0 Å². The van der Waals surface area contributed by atoms with Gasteiger partial charge in [0.15, 0.2) is 28.8 Å². The highest BCUT2D eigenvalue weighted by molar-refractivity contribution is 9.12. The van der Waals surface area contributed by atoms with Crippen molar-refractivity contribution in [2.45, 2.75) is 9.65 Å². The lowest BCUT2D eigenvalue weighted by atomic mass is 10.0. The fraction of sp³-hybridized carbons (Fsp3) is 0.278.